The van der Waals surface area contributed by atoms with Gasteiger partial charge in [-0.05, 0) is 18.1 Å². The van der Waals surface area contributed by atoms with Crippen LogP contribution in [0.25, 0.3) is 0 Å². The molecule has 0 aliphatic carbocycles. The van der Waals surface area contributed by atoms with E-state index in [0.29, 0.717) is 5.56 Å². The molecule has 2 nitrogen and oxygen atoms in total. The van der Waals surface area contributed by atoms with Gasteiger partial charge in [-0.3, -0.25) is 4.79 Å². The molecule has 0 N–H and O–H groups in total. The second kappa shape index (κ2) is 4.21. The number of halogens is 1. The lowest BCUT2D eigenvalue weighted by atomic mass is 10.1. The molecule has 0 radical (unpaired) electrons. The SMILES string of the molecule is CCCc1cnc(Cl)c(C=O)c1. The molecule has 0 aliphatic rings. The highest BCUT2D eigenvalue weighted by molar-refractivity contribution is 6.31. The lowest BCUT2D eigenvalue weighted by Crippen LogP contribution is -1.91. The highest BCUT2D eigenvalue weighted by atomic mass is 35.5. The second-order valence-electron chi connectivity index (χ2n) is 2.59. The van der Waals surface area contributed by atoms with Crippen LogP contribution in [0.1, 0.15) is 29.3 Å². The van der Waals surface area contributed by atoms with E-state index in [4.69, 9.17) is 11.6 Å². The molecule has 0 atom stereocenters. The molecule has 3 heteroatoms. The van der Waals surface area contributed by atoms with Gasteiger partial charge in [-0.2, -0.15) is 0 Å². The molecule has 1 rings (SSSR count). The monoisotopic (exact) mass is 183 g/mol. The van der Waals surface area contributed by atoms with E-state index >= 15 is 0 Å². The van der Waals surface area contributed by atoms with Crippen molar-refractivity contribution in [1.29, 1.82) is 0 Å². The molecule has 0 unspecified atom stereocenters. The first-order valence-corrected chi connectivity index (χ1v) is 4.25. The van der Waals surface area contributed by atoms with Gasteiger partial charge in [0.25, 0.3) is 0 Å². The van der Waals surface area contributed by atoms with Crippen molar-refractivity contribution < 1.29 is 4.79 Å². The lowest BCUT2D eigenvalue weighted by molar-refractivity contribution is 0.112. The van der Waals surface area contributed by atoms with Crippen molar-refractivity contribution in [2.24, 2.45) is 0 Å². The average Bonchev–Trinajstić information content (AvgIpc) is 2.09. The summed E-state index contributed by atoms with van der Waals surface area (Å²) in [4.78, 5) is 14.4. The topological polar surface area (TPSA) is 30.0 Å². The Morgan fingerprint density at radius 1 is 1.67 bits per heavy atom. The van der Waals surface area contributed by atoms with E-state index < -0.39 is 0 Å². The Hall–Kier alpha value is -0.890. The minimum absolute atomic E-state index is 0.282. The molecule has 1 aromatic rings. The summed E-state index contributed by atoms with van der Waals surface area (Å²) in [5.41, 5.74) is 1.53. The van der Waals surface area contributed by atoms with Crippen LogP contribution >= 0.6 is 11.6 Å². The van der Waals surface area contributed by atoms with E-state index in [0.717, 1.165) is 24.7 Å². The van der Waals surface area contributed by atoms with Gasteiger partial charge in [0.2, 0.25) is 0 Å². The van der Waals surface area contributed by atoms with E-state index in [1.54, 1.807) is 12.3 Å². The zero-order chi connectivity index (χ0) is 8.97. The van der Waals surface area contributed by atoms with Gasteiger partial charge in [0.15, 0.2) is 6.29 Å². The quantitative estimate of drug-likeness (QED) is 0.533. The van der Waals surface area contributed by atoms with Gasteiger partial charge in [-0.15, -0.1) is 0 Å². The molecule has 0 amide bonds. The standard InChI is InChI=1S/C9H10ClNO/c1-2-3-7-4-8(6-12)9(10)11-5-7/h4-6H,2-3H2,1H3. The maximum Gasteiger partial charge on any atom is 0.153 e. The van der Waals surface area contributed by atoms with Crippen LogP contribution in [-0.2, 0) is 6.42 Å². The third-order valence-electron chi connectivity index (χ3n) is 1.59. The number of carbonyl (C=O) groups is 1. The van der Waals surface area contributed by atoms with Crippen molar-refractivity contribution >= 4 is 17.9 Å². The molecule has 0 fully saturated rings. The zero-order valence-corrected chi connectivity index (χ0v) is 7.64. The first kappa shape index (κ1) is 9.20. The summed E-state index contributed by atoms with van der Waals surface area (Å²) in [6.07, 6.45) is 4.42. The number of aldehydes is 1. The number of aryl methyl sites for hydroxylation is 1. The van der Waals surface area contributed by atoms with Crippen molar-refractivity contribution in [2.75, 3.05) is 0 Å². The summed E-state index contributed by atoms with van der Waals surface area (Å²) in [7, 11) is 0. The van der Waals surface area contributed by atoms with E-state index in [1.807, 2.05) is 0 Å². The maximum atomic E-state index is 10.5. The molecule has 1 aromatic heterocycles. The molecule has 12 heavy (non-hydrogen) atoms. The smallest absolute Gasteiger partial charge is 0.153 e. The Morgan fingerprint density at radius 2 is 2.42 bits per heavy atom. The molecule has 0 bridgehead atoms. The number of hydrogen-bond donors (Lipinski definition) is 0. The van der Waals surface area contributed by atoms with Crippen LogP contribution in [0.2, 0.25) is 5.15 Å². The van der Waals surface area contributed by atoms with Gasteiger partial charge >= 0.3 is 0 Å². The van der Waals surface area contributed by atoms with E-state index in [1.165, 1.54) is 0 Å². The Labute approximate surface area is 76.6 Å². The number of carbonyl (C=O) groups excluding carboxylic acids is 1. The Bertz CT molecular complexity index is 286. The predicted octanol–water partition coefficient (Wildman–Crippen LogP) is 2.50. The third-order valence-corrected chi connectivity index (χ3v) is 1.90. The van der Waals surface area contributed by atoms with Crippen molar-refractivity contribution in [3.05, 3.63) is 28.5 Å². The van der Waals surface area contributed by atoms with Gasteiger partial charge in [0.05, 0.1) is 5.56 Å². The van der Waals surface area contributed by atoms with Crippen molar-refractivity contribution in [3.63, 3.8) is 0 Å². The molecule has 0 aliphatic heterocycles. The Morgan fingerprint density at radius 3 is 3.00 bits per heavy atom. The third kappa shape index (κ3) is 2.05. The minimum atomic E-state index is 0.282. The fourth-order valence-corrected chi connectivity index (χ4v) is 1.17. The number of pyridine rings is 1. The summed E-state index contributed by atoms with van der Waals surface area (Å²) in [5, 5.41) is 0.282. The highest BCUT2D eigenvalue weighted by Gasteiger charge is 2.00. The zero-order valence-electron chi connectivity index (χ0n) is 6.88. The minimum Gasteiger partial charge on any atom is -0.298 e. The highest BCUT2D eigenvalue weighted by Crippen LogP contribution is 2.12. The van der Waals surface area contributed by atoms with Crippen LogP contribution in [-0.4, -0.2) is 11.3 Å². The van der Waals surface area contributed by atoms with Gasteiger partial charge in [-0.25, -0.2) is 4.98 Å². The van der Waals surface area contributed by atoms with E-state index in [9.17, 15) is 4.79 Å². The number of aromatic nitrogens is 1. The van der Waals surface area contributed by atoms with Crippen molar-refractivity contribution in [3.8, 4) is 0 Å². The molecule has 0 aromatic carbocycles. The summed E-state index contributed by atoms with van der Waals surface area (Å²) < 4.78 is 0. The number of rotatable bonds is 3. The van der Waals surface area contributed by atoms with Crippen LogP contribution in [0.3, 0.4) is 0 Å². The van der Waals surface area contributed by atoms with Crippen LogP contribution in [0.15, 0.2) is 12.3 Å². The van der Waals surface area contributed by atoms with Crippen LogP contribution in [0.5, 0.6) is 0 Å². The van der Waals surface area contributed by atoms with Gasteiger partial charge in [0.1, 0.15) is 5.15 Å². The number of nitrogens with zero attached hydrogens (tertiary/aromatic N) is 1. The maximum absolute atomic E-state index is 10.5. The largest absolute Gasteiger partial charge is 0.298 e. The van der Waals surface area contributed by atoms with Gasteiger partial charge < -0.3 is 0 Å². The van der Waals surface area contributed by atoms with Crippen molar-refractivity contribution in [2.45, 2.75) is 19.8 Å². The first-order valence-electron chi connectivity index (χ1n) is 3.87. The van der Waals surface area contributed by atoms with Gasteiger partial charge in [-0.1, -0.05) is 24.9 Å². The van der Waals surface area contributed by atoms with Crippen LogP contribution < -0.4 is 0 Å². The summed E-state index contributed by atoms with van der Waals surface area (Å²) in [6, 6.07) is 1.78. The summed E-state index contributed by atoms with van der Waals surface area (Å²) in [6.45, 7) is 2.08. The van der Waals surface area contributed by atoms with E-state index in [2.05, 4.69) is 11.9 Å². The van der Waals surface area contributed by atoms with Crippen molar-refractivity contribution in [1.82, 2.24) is 4.98 Å². The normalized spacial score (nSPS) is 9.83. The predicted molar refractivity (Wildman–Crippen MR) is 48.6 cm³/mol. The fraction of sp³-hybridized carbons (Fsp3) is 0.333. The Balaban J connectivity index is 2.96. The average molecular weight is 184 g/mol. The van der Waals surface area contributed by atoms with Gasteiger partial charge in [0, 0.05) is 6.20 Å². The molecular formula is C9H10ClNO. The summed E-state index contributed by atoms with van der Waals surface area (Å²) in [5.74, 6) is 0. The fourth-order valence-electron chi connectivity index (χ4n) is 1.02. The Kier molecular flexibility index (Phi) is 3.23. The number of hydrogen-bond acceptors (Lipinski definition) is 2. The van der Waals surface area contributed by atoms with Crippen LogP contribution in [0.4, 0.5) is 0 Å². The molecule has 64 valence electrons. The lowest BCUT2D eigenvalue weighted by Gasteiger charge is -1.99. The second-order valence-corrected chi connectivity index (χ2v) is 2.95. The molecule has 1 heterocycles. The summed E-state index contributed by atoms with van der Waals surface area (Å²) >= 11 is 5.65. The van der Waals surface area contributed by atoms with Crippen LogP contribution in [0, 0.1) is 0 Å². The molecule has 0 saturated heterocycles. The molecule has 0 saturated carbocycles. The first-order chi connectivity index (χ1) is 5.77. The molecule has 0 spiro atoms. The molecular weight excluding hydrogens is 174 g/mol. The van der Waals surface area contributed by atoms with E-state index in [-0.39, 0.29) is 5.15 Å².